The van der Waals surface area contributed by atoms with E-state index in [-0.39, 0.29) is 5.91 Å². The summed E-state index contributed by atoms with van der Waals surface area (Å²) in [6, 6.07) is 19.1. The smallest absolute Gasteiger partial charge is 0.255 e. The van der Waals surface area contributed by atoms with E-state index in [1.807, 2.05) is 55.6 Å². The number of anilines is 3. The molecule has 2 heterocycles. The molecule has 0 radical (unpaired) electrons. The number of carbonyl (C=O) groups excluding carboxylic acids is 1. The summed E-state index contributed by atoms with van der Waals surface area (Å²) in [4.78, 5) is 14.7. The maximum absolute atomic E-state index is 12.4. The van der Waals surface area contributed by atoms with E-state index in [0.29, 0.717) is 5.56 Å². The fourth-order valence-electron chi connectivity index (χ4n) is 3.49. The van der Waals surface area contributed by atoms with Crippen molar-refractivity contribution in [1.29, 1.82) is 0 Å². The van der Waals surface area contributed by atoms with Crippen molar-refractivity contribution >= 4 is 23.1 Å². The van der Waals surface area contributed by atoms with Crippen molar-refractivity contribution in [2.45, 2.75) is 19.3 Å². The maximum atomic E-state index is 12.4. The lowest BCUT2D eigenvalue weighted by Crippen LogP contribution is -2.30. The molecule has 1 aromatic heterocycles. The first-order valence-corrected chi connectivity index (χ1v) is 10.0. The molecule has 6 heteroatoms. The van der Waals surface area contributed by atoms with Gasteiger partial charge in [0.1, 0.15) is 0 Å². The second-order valence-electron chi connectivity index (χ2n) is 7.18. The van der Waals surface area contributed by atoms with Gasteiger partial charge >= 0.3 is 0 Å². The third-order valence-corrected chi connectivity index (χ3v) is 5.20. The van der Waals surface area contributed by atoms with E-state index >= 15 is 0 Å². The third-order valence-electron chi connectivity index (χ3n) is 5.20. The molecular formula is C23H25N5O. The normalized spacial score (nSPS) is 13.8. The molecule has 0 spiro atoms. The van der Waals surface area contributed by atoms with Gasteiger partial charge in [0.2, 0.25) is 0 Å². The van der Waals surface area contributed by atoms with Gasteiger partial charge in [0, 0.05) is 42.6 Å². The molecule has 2 aromatic carbocycles. The Morgan fingerprint density at radius 2 is 1.52 bits per heavy atom. The van der Waals surface area contributed by atoms with Gasteiger partial charge in [0.05, 0.1) is 5.69 Å². The summed E-state index contributed by atoms with van der Waals surface area (Å²) in [6.45, 7) is 2.11. The maximum Gasteiger partial charge on any atom is 0.255 e. The Balaban J connectivity index is 1.41. The quantitative estimate of drug-likeness (QED) is 0.678. The Kier molecular flexibility index (Phi) is 5.70. The SMILES string of the molecule is CNc1ccc(C(=O)Nc2ccc(-c3ccc(N4CCCCC4)nn3)cc2)cc1. The summed E-state index contributed by atoms with van der Waals surface area (Å²) >= 11 is 0. The van der Waals surface area contributed by atoms with Crippen LogP contribution in [0.15, 0.2) is 60.7 Å². The van der Waals surface area contributed by atoms with Crippen LogP contribution in [0, 0.1) is 0 Å². The van der Waals surface area contributed by atoms with Crippen molar-refractivity contribution in [2.75, 3.05) is 35.7 Å². The van der Waals surface area contributed by atoms with Crippen molar-refractivity contribution in [3.05, 3.63) is 66.2 Å². The van der Waals surface area contributed by atoms with E-state index in [1.165, 1.54) is 19.3 Å². The van der Waals surface area contributed by atoms with E-state index in [9.17, 15) is 4.79 Å². The minimum absolute atomic E-state index is 0.133. The van der Waals surface area contributed by atoms with Gasteiger partial charge in [-0.25, -0.2) is 0 Å². The number of piperidine rings is 1. The molecule has 29 heavy (non-hydrogen) atoms. The molecule has 1 saturated heterocycles. The van der Waals surface area contributed by atoms with Crippen LogP contribution in [0.5, 0.6) is 0 Å². The van der Waals surface area contributed by atoms with E-state index in [0.717, 1.165) is 41.5 Å². The summed E-state index contributed by atoms with van der Waals surface area (Å²) in [6.07, 6.45) is 3.73. The molecule has 0 atom stereocenters. The van der Waals surface area contributed by atoms with E-state index in [2.05, 4.69) is 25.7 Å². The molecule has 2 N–H and O–H groups in total. The Morgan fingerprint density at radius 3 is 2.14 bits per heavy atom. The number of nitrogens with one attached hydrogen (secondary N) is 2. The molecule has 6 nitrogen and oxygen atoms in total. The lowest BCUT2D eigenvalue weighted by Gasteiger charge is -2.27. The van der Waals surface area contributed by atoms with Gasteiger partial charge in [0.25, 0.3) is 5.91 Å². The number of carbonyl (C=O) groups is 1. The van der Waals surface area contributed by atoms with Crippen LogP contribution < -0.4 is 15.5 Å². The second kappa shape index (κ2) is 8.73. The molecular weight excluding hydrogens is 362 g/mol. The first-order chi connectivity index (χ1) is 14.2. The fraction of sp³-hybridized carbons (Fsp3) is 0.261. The fourth-order valence-corrected chi connectivity index (χ4v) is 3.49. The van der Waals surface area contributed by atoms with E-state index in [1.54, 1.807) is 12.1 Å². The van der Waals surface area contributed by atoms with Crippen LogP contribution in [-0.4, -0.2) is 36.2 Å². The molecule has 1 amide bonds. The van der Waals surface area contributed by atoms with Crippen molar-refractivity contribution in [1.82, 2.24) is 10.2 Å². The largest absolute Gasteiger partial charge is 0.388 e. The zero-order valence-electron chi connectivity index (χ0n) is 16.6. The van der Waals surface area contributed by atoms with Crippen LogP contribution in [0.2, 0.25) is 0 Å². The van der Waals surface area contributed by atoms with Gasteiger partial charge in [-0.15, -0.1) is 10.2 Å². The third kappa shape index (κ3) is 4.54. The van der Waals surface area contributed by atoms with Gasteiger partial charge in [0.15, 0.2) is 5.82 Å². The lowest BCUT2D eigenvalue weighted by molar-refractivity contribution is 0.102. The summed E-state index contributed by atoms with van der Waals surface area (Å²) in [5, 5.41) is 14.8. The summed E-state index contributed by atoms with van der Waals surface area (Å²) < 4.78 is 0. The highest BCUT2D eigenvalue weighted by Gasteiger charge is 2.13. The Labute approximate surface area is 171 Å². The Morgan fingerprint density at radius 1 is 0.828 bits per heavy atom. The molecule has 0 saturated carbocycles. The number of amides is 1. The van der Waals surface area contributed by atoms with Crippen LogP contribution in [-0.2, 0) is 0 Å². The zero-order valence-corrected chi connectivity index (χ0v) is 16.6. The van der Waals surface area contributed by atoms with Gasteiger partial charge in [-0.1, -0.05) is 12.1 Å². The number of aromatic nitrogens is 2. The highest BCUT2D eigenvalue weighted by Crippen LogP contribution is 2.22. The number of hydrogen-bond donors (Lipinski definition) is 2. The number of nitrogens with zero attached hydrogens (tertiary/aromatic N) is 3. The van der Waals surface area contributed by atoms with Crippen molar-refractivity contribution in [2.24, 2.45) is 0 Å². The first kappa shape index (κ1) is 18.9. The van der Waals surface area contributed by atoms with Crippen LogP contribution in [0.4, 0.5) is 17.2 Å². The van der Waals surface area contributed by atoms with Crippen molar-refractivity contribution < 1.29 is 4.79 Å². The molecule has 148 valence electrons. The monoisotopic (exact) mass is 387 g/mol. The minimum Gasteiger partial charge on any atom is -0.388 e. The molecule has 1 aliphatic rings. The van der Waals surface area contributed by atoms with Crippen LogP contribution in [0.25, 0.3) is 11.3 Å². The second-order valence-corrected chi connectivity index (χ2v) is 7.18. The molecule has 3 aromatic rings. The number of rotatable bonds is 5. The number of benzene rings is 2. The van der Waals surface area contributed by atoms with E-state index < -0.39 is 0 Å². The van der Waals surface area contributed by atoms with E-state index in [4.69, 9.17) is 0 Å². The topological polar surface area (TPSA) is 70.2 Å². The predicted octanol–water partition coefficient (Wildman–Crippen LogP) is 4.43. The van der Waals surface area contributed by atoms with Gasteiger partial charge in [-0.3, -0.25) is 4.79 Å². The molecule has 0 unspecified atom stereocenters. The van der Waals surface area contributed by atoms with Crippen molar-refractivity contribution in [3.8, 4) is 11.3 Å². The molecule has 0 bridgehead atoms. The molecule has 1 fully saturated rings. The van der Waals surface area contributed by atoms with Crippen molar-refractivity contribution in [3.63, 3.8) is 0 Å². The highest BCUT2D eigenvalue weighted by molar-refractivity contribution is 6.04. The minimum atomic E-state index is -0.133. The molecule has 4 rings (SSSR count). The average molecular weight is 387 g/mol. The lowest BCUT2D eigenvalue weighted by atomic mass is 10.1. The van der Waals surface area contributed by atoms with Crippen LogP contribution >= 0.6 is 0 Å². The Hall–Kier alpha value is -3.41. The average Bonchev–Trinajstić information content (AvgIpc) is 2.80. The van der Waals surface area contributed by atoms with Gasteiger partial charge < -0.3 is 15.5 Å². The van der Waals surface area contributed by atoms with Gasteiger partial charge in [-0.2, -0.15) is 0 Å². The molecule has 0 aliphatic carbocycles. The molecule has 1 aliphatic heterocycles. The highest BCUT2D eigenvalue weighted by atomic mass is 16.1. The summed E-state index contributed by atoms with van der Waals surface area (Å²) in [5.41, 5.74) is 4.13. The first-order valence-electron chi connectivity index (χ1n) is 10.0. The number of hydrogen-bond acceptors (Lipinski definition) is 5. The predicted molar refractivity (Wildman–Crippen MR) is 117 cm³/mol. The Bertz CT molecular complexity index is 946. The zero-order chi connectivity index (χ0) is 20.1. The van der Waals surface area contributed by atoms with Crippen LogP contribution in [0.3, 0.4) is 0 Å². The standard InChI is InChI=1S/C23H25N5O/c1-24-19-9-7-18(8-10-19)23(29)25-20-11-5-17(6-12-20)21-13-14-22(27-26-21)28-15-3-2-4-16-28/h5-14,24H,2-4,15-16H2,1H3,(H,25,29). The van der Waals surface area contributed by atoms with Gasteiger partial charge in [-0.05, 0) is 67.8 Å². The van der Waals surface area contributed by atoms with Crippen LogP contribution in [0.1, 0.15) is 29.6 Å². The summed E-state index contributed by atoms with van der Waals surface area (Å²) in [5.74, 6) is 0.813. The summed E-state index contributed by atoms with van der Waals surface area (Å²) in [7, 11) is 1.85.